The second-order valence-electron chi connectivity index (χ2n) is 6.79. The summed E-state index contributed by atoms with van der Waals surface area (Å²) in [5.41, 5.74) is 5.28. The summed E-state index contributed by atoms with van der Waals surface area (Å²) in [5, 5.41) is 1.40. The largest absolute Gasteiger partial charge is 0.444 e. The molecule has 1 N–H and O–H groups in total. The Morgan fingerprint density at radius 1 is 1.21 bits per heavy atom. The molecule has 0 amide bonds. The van der Waals surface area contributed by atoms with Crippen molar-refractivity contribution >= 4 is 10.9 Å². The van der Waals surface area contributed by atoms with Gasteiger partial charge in [-0.1, -0.05) is 13.8 Å². The molecule has 1 aliphatic carbocycles. The highest BCUT2D eigenvalue weighted by Gasteiger charge is 2.28. The van der Waals surface area contributed by atoms with E-state index in [9.17, 15) is 0 Å². The lowest BCUT2D eigenvalue weighted by molar-refractivity contribution is 0.192. The molecule has 2 aromatic heterocycles. The van der Waals surface area contributed by atoms with Gasteiger partial charge < -0.3 is 9.40 Å². The van der Waals surface area contributed by atoms with E-state index in [1.54, 1.807) is 0 Å². The summed E-state index contributed by atoms with van der Waals surface area (Å²) < 4.78 is 5.61. The summed E-state index contributed by atoms with van der Waals surface area (Å²) in [6.07, 6.45) is 10.2. The van der Waals surface area contributed by atoms with Gasteiger partial charge in [0, 0.05) is 28.7 Å². The molecule has 126 valence electrons. The third-order valence-corrected chi connectivity index (χ3v) is 5.17. The maximum absolute atomic E-state index is 5.61. The molecule has 2 heterocycles. The van der Waals surface area contributed by atoms with Gasteiger partial charge in [-0.3, -0.25) is 4.90 Å². The lowest BCUT2D eigenvalue weighted by atomic mass is 9.85. The van der Waals surface area contributed by atoms with Gasteiger partial charge in [-0.2, -0.15) is 0 Å². The van der Waals surface area contributed by atoms with Gasteiger partial charge in [-0.25, -0.2) is 4.98 Å². The predicted molar refractivity (Wildman–Crippen MR) is 97.1 cm³/mol. The van der Waals surface area contributed by atoms with E-state index in [0.29, 0.717) is 6.04 Å². The molecule has 0 spiro atoms. The zero-order chi connectivity index (χ0) is 16.5. The van der Waals surface area contributed by atoms with E-state index in [1.807, 2.05) is 6.20 Å². The second kappa shape index (κ2) is 6.44. The van der Waals surface area contributed by atoms with Crippen LogP contribution in [0, 0.1) is 0 Å². The van der Waals surface area contributed by atoms with Crippen molar-refractivity contribution < 1.29 is 4.42 Å². The van der Waals surface area contributed by atoms with Crippen molar-refractivity contribution in [2.75, 3.05) is 13.1 Å². The number of aromatic amines is 1. The number of oxazole rings is 1. The molecule has 4 nitrogen and oxygen atoms in total. The number of H-pyrrole nitrogens is 1. The summed E-state index contributed by atoms with van der Waals surface area (Å²) in [5.74, 6) is 0.872. The van der Waals surface area contributed by atoms with Gasteiger partial charge in [0.25, 0.3) is 0 Å². The molecule has 24 heavy (non-hydrogen) atoms. The van der Waals surface area contributed by atoms with E-state index in [-0.39, 0.29) is 0 Å². The summed E-state index contributed by atoms with van der Waals surface area (Å²) >= 11 is 0. The molecule has 4 heteroatoms. The van der Waals surface area contributed by atoms with Crippen LogP contribution in [0.2, 0.25) is 0 Å². The predicted octanol–water partition coefficient (Wildman–Crippen LogP) is 4.41. The van der Waals surface area contributed by atoms with E-state index in [2.05, 4.69) is 47.0 Å². The van der Waals surface area contributed by atoms with Crippen LogP contribution < -0.4 is 0 Å². The van der Waals surface area contributed by atoms with Crippen molar-refractivity contribution in [1.29, 1.82) is 0 Å². The maximum Gasteiger partial charge on any atom is 0.181 e. The van der Waals surface area contributed by atoms with Crippen molar-refractivity contribution in [3.05, 3.63) is 42.0 Å². The fraction of sp³-hybridized carbons (Fsp3) is 0.450. The molecule has 1 unspecified atom stereocenters. The van der Waals surface area contributed by atoms with Crippen LogP contribution in [0.4, 0.5) is 0 Å². The van der Waals surface area contributed by atoms with E-state index in [4.69, 9.17) is 4.42 Å². The Morgan fingerprint density at radius 2 is 2.04 bits per heavy atom. The van der Waals surface area contributed by atoms with E-state index >= 15 is 0 Å². The summed E-state index contributed by atoms with van der Waals surface area (Å²) in [4.78, 5) is 10.2. The molecule has 0 radical (unpaired) electrons. The van der Waals surface area contributed by atoms with Crippen molar-refractivity contribution in [3.8, 4) is 11.3 Å². The first-order valence-electron chi connectivity index (χ1n) is 9.06. The van der Waals surface area contributed by atoms with Crippen molar-refractivity contribution in [2.45, 2.75) is 45.6 Å². The minimum absolute atomic E-state index is 0.570. The molecule has 1 atom stereocenters. The number of benzene rings is 1. The fourth-order valence-corrected chi connectivity index (χ4v) is 4.20. The van der Waals surface area contributed by atoms with Crippen molar-refractivity contribution in [3.63, 3.8) is 0 Å². The fourth-order valence-electron chi connectivity index (χ4n) is 4.20. The van der Waals surface area contributed by atoms with Crippen molar-refractivity contribution in [1.82, 2.24) is 14.9 Å². The highest BCUT2D eigenvalue weighted by molar-refractivity contribution is 5.92. The summed E-state index contributed by atoms with van der Waals surface area (Å²) in [7, 11) is 0. The van der Waals surface area contributed by atoms with Gasteiger partial charge in [0.1, 0.15) is 0 Å². The average Bonchev–Trinajstić information content (AvgIpc) is 3.26. The van der Waals surface area contributed by atoms with E-state index in [1.165, 1.54) is 59.9 Å². The Morgan fingerprint density at radius 3 is 2.75 bits per heavy atom. The number of nitrogens with one attached hydrogen (secondary N) is 1. The van der Waals surface area contributed by atoms with Gasteiger partial charge in [-0.15, -0.1) is 0 Å². The quantitative estimate of drug-likeness (QED) is 0.730. The first-order chi connectivity index (χ1) is 11.8. The molecule has 0 aliphatic heterocycles. The van der Waals surface area contributed by atoms with Gasteiger partial charge in [0.2, 0.25) is 0 Å². The molecule has 1 aromatic carbocycles. The molecule has 0 bridgehead atoms. The second-order valence-corrected chi connectivity index (χ2v) is 6.79. The Labute approximate surface area is 142 Å². The smallest absolute Gasteiger partial charge is 0.181 e. The lowest BCUT2D eigenvalue weighted by Crippen LogP contribution is -2.41. The number of aromatic nitrogens is 2. The van der Waals surface area contributed by atoms with Gasteiger partial charge in [-0.05, 0) is 62.0 Å². The standard InChI is InChI=1S/C20H25N3O/c1-3-7-23(8-4-2)15-9-14-11-22-18-6-5-16(17(10-15)20(14)18)19-12-21-13-24-19/h5-6,11-13,15,22H,3-4,7-10H2,1-2H3. The zero-order valence-electron chi connectivity index (χ0n) is 14.5. The van der Waals surface area contributed by atoms with E-state index in [0.717, 1.165) is 18.6 Å². The van der Waals surface area contributed by atoms with Gasteiger partial charge in [0.05, 0.1) is 6.20 Å². The number of rotatable bonds is 6. The SMILES string of the molecule is CCCN(CCC)C1Cc2c[nH]c3ccc(-c4cnco4)c(c23)C1. The molecule has 3 aromatic rings. The topological polar surface area (TPSA) is 45.1 Å². The van der Waals surface area contributed by atoms with Crippen LogP contribution in [0.15, 0.2) is 35.3 Å². The van der Waals surface area contributed by atoms with Crippen LogP contribution in [-0.4, -0.2) is 34.0 Å². The average molecular weight is 323 g/mol. The molecular weight excluding hydrogens is 298 g/mol. The first-order valence-corrected chi connectivity index (χ1v) is 9.06. The monoisotopic (exact) mass is 323 g/mol. The van der Waals surface area contributed by atoms with Crippen LogP contribution in [0.3, 0.4) is 0 Å². The van der Waals surface area contributed by atoms with Crippen LogP contribution in [0.25, 0.3) is 22.2 Å². The highest BCUT2D eigenvalue weighted by atomic mass is 16.3. The molecule has 0 saturated heterocycles. The Bertz CT molecular complexity index is 813. The molecule has 0 fully saturated rings. The van der Waals surface area contributed by atoms with Crippen LogP contribution in [0.5, 0.6) is 0 Å². The Balaban J connectivity index is 1.78. The maximum atomic E-state index is 5.61. The summed E-state index contributed by atoms with van der Waals surface area (Å²) in [6.45, 7) is 6.89. The van der Waals surface area contributed by atoms with E-state index < -0.39 is 0 Å². The molecular formula is C20H25N3O. The van der Waals surface area contributed by atoms with Gasteiger partial charge >= 0.3 is 0 Å². The van der Waals surface area contributed by atoms with Crippen molar-refractivity contribution in [2.24, 2.45) is 0 Å². The molecule has 4 rings (SSSR count). The first kappa shape index (κ1) is 15.5. The Hall–Kier alpha value is -2.07. The third kappa shape index (κ3) is 2.55. The highest BCUT2D eigenvalue weighted by Crippen LogP contribution is 2.37. The number of hydrogen-bond donors (Lipinski definition) is 1. The minimum Gasteiger partial charge on any atom is -0.444 e. The lowest BCUT2D eigenvalue weighted by Gasteiger charge is -2.34. The van der Waals surface area contributed by atoms with Crippen LogP contribution >= 0.6 is 0 Å². The summed E-state index contributed by atoms with van der Waals surface area (Å²) in [6, 6.07) is 4.90. The number of nitrogens with zero attached hydrogens (tertiary/aromatic N) is 2. The zero-order valence-corrected chi connectivity index (χ0v) is 14.5. The Kier molecular flexibility index (Phi) is 4.15. The molecule has 0 saturated carbocycles. The third-order valence-electron chi connectivity index (χ3n) is 5.17. The van der Waals surface area contributed by atoms with Crippen LogP contribution in [-0.2, 0) is 12.8 Å². The minimum atomic E-state index is 0.570. The number of hydrogen-bond acceptors (Lipinski definition) is 3. The van der Waals surface area contributed by atoms with Gasteiger partial charge in [0.15, 0.2) is 12.2 Å². The normalized spacial score (nSPS) is 17.0. The van der Waals surface area contributed by atoms with Crippen LogP contribution in [0.1, 0.15) is 37.8 Å². The molecule has 1 aliphatic rings.